The fraction of sp³-hybridized carbons (Fsp3) is 0.455. The standard InChI is InChI=1S/C11H16FN3O4S/c1-2-3-9(7-13)14-20(18,19)11-5-4-8(12)6-10(11)15(16)17/h4-6,9,14H,2-3,7,13H2,1H3. The van der Waals surface area contributed by atoms with Crippen LogP contribution in [0.15, 0.2) is 23.1 Å². The molecule has 0 heterocycles. The third-order valence-electron chi connectivity index (χ3n) is 2.65. The van der Waals surface area contributed by atoms with Gasteiger partial charge in [0.05, 0.1) is 11.0 Å². The number of nitro benzene ring substituents is 1. The maximum absolute atomic E-state index is 13.0. The number of hydrogen-bond donors (Lipinski definition) is 2. The average molecular weight is 305 g/mol. The van der Waals surface area contributed by atoms with Gasteiger partial charge in [-0.3, -0.25) is 10.1 Å². The molecule has 0 bridgehead atoms. The van der Waals surface area contributed by atoms with Crippen molar-refractivity contribution in [3.63, 3.8) is 0 Å². The number of sulfonamides is 1. The molecule has 0 fully saturated rings. The first-order chi connectivity index (χ1) is 9.31. The van der Waals surface area contributed by atoms with Gasteiger partial charge in [-0.1, -0.05) is 13.3 Å². The molecule has 0 saturated carbocycles. The van der Waals surface area contributed by atoms with E-state index in [0.717, 1.165) is 12.1 Å². The van der Waals surface area contributed by atoms with Crippen molar-refractivity contribution < 1.29 is 17.7 Å². The largest absolute Gasteiger partial charge is 0.329 e. The van der Waals surface area contributed by atoms with Crippen LogP contribution in [0.4, 0.5) is 10.1 Å². The summed E-state index contributed by atoms with van der Waals surface area (Å²) >= 11 is 0. The molecule has 20 heavy (non-hydrogen) atoms. The van der Waals surface area contributed by atoms with E-state index in [1.54, 1.807) is 0 Å². The Hall–Kier alpha value is -1.58. The number of benzene rings is 1. The van der Waals surface area contributed by atoms with Gasteiger partial charge in [0.1, 0.15) is 5.82 Å². The Morgan fingerprint density at radius 3 is 2.65 bits per heavy atom. The highest BCUT2D eigenvalue weighted by molar-refractivity contribution is 7.89. The molecular weight excluding hydrogens is 289 g/mol. The number of halogens is 1. The zero-order chi connectivity index (χ0) is 15.3. The number of hydrogen-bond acceptors (Lipinski definition) is 5. The van der Waals surface area contributed by atoms with Crippen LogP contribution >= 0.6 is 0 Å². The minimum Gasteiger partial charge on any atom is -0.329 e. The first-order valence-electron chi connectivity index (χ1n) is 5.98. The molecule has 1 rings (SSSR count). The lowest BCUT2D eigenvalue weighted by molar-refractivity contribution is -0.388. The second kappa shape index (κ2) is 6.73. The van der Waals surface area contributed by atoms with Crippen molar-refractivity contribution in [3.8, 4) is 0 Å². The molecule has 1 aromatic carbocycles. The molecule has 1 unspecified atom stereocenters. The van der Waals surface area contributed by atoms with Gasteiger partial charge in [-0.25, -0.2) is 17.5 Å². The third kappa shape index (κ3) is 3.95. The summed E-state index contributed by atoms with van der Waals surface area (Å²) in [6.45, 7) is 1.93. The molecule has 1 atom stereocenters. The van der Waals surface area contributed by atoms with Crippen LogP contribution in [0.25, 0.3) is 0 Å². The molecule has 0 saturated heterocycles. The van der Waals surface area contributed by atoms with Crippen molar-refractivity contribution in [2.75, 3.05) is 6.54 Å². The van der Waals surface area contributed by atoms with E-state index in [1.165, 1.54) is 0 Å². The van der Waals surface area contributed by atoms with Gasteiger partial charge in [-0.2, -0.15) is 0 Å². The summed E-state index contributed by atoms with van der Waals surface area (Å²) in [4.78, 5) is 9.32. The quantitative estimate of drug-likeness (QED) is 0.579. The zero-order valence-corrected chi connectivity index (χ0v) is 11.7. The van der Waals surface area contributed by atoms with Crippen LogP contribution in [0.2, 0.25) is 0 Å². The molecule has 0 aromatic heterocycles. The Labute approximate surface area is 116 Å². The van der Waals surface area contributed by atoms with Crippen LogP contribution in [0.1, 0.15) is 19.8 Å². The van der Waals surface area contributed by atoms with Crippen molar-refractivity contribution in [1.29, 1.82) is 0 Å². The van der Waals surface area contributed by atoms with Gasteiger partial charge in [0.25, 0.3) is 5.69 Å². The lowest BCUT2D eigenvalue weighted by Gasteiger charge is -2.16. The molecule has 7 nitrogen and oxygen atoms in total. The molecule has 3 N–H and O–H groups in total. The molecule has 0 aliphatic carbocycles. The summed E-state index contributed by atoms with van der Waals surface area (Å²) in [5.41, 5.74) is 4.64. The minimum absolute atomic E-state index is 0.0715. The van der Waals surface area contributed by atoms with Gasteiger partial charge in [0.2, 0.25) is 10.0 Å². The van der Waals surface area contributed by atoms with Crippen molar-refractivity contribution in [1.82, 2.24) is 4.72 Å². The van der Waals surface area contributed by atoms with Crippen LogP contribution in [0.5, 0.6) is 0 Å². The fourth-order valence-electron chi connectivity index (χ4n) is 1.72. The van der Waals surface area contributed by atoms with E-state index in [1.807, 2.05) is 6.92 Å². The van der Waals surface area contributed by atoms with E-state index >= 15 is 0 Å². The predicted octanol–water partition coefficient (Wildman–Crippen LogP) is 1.14. The number of nitro groups is 1. The highest BCUT2D eigenvalue weighted by Gasteiger charge is 2.28. The minimum atomic E-state index is -4.12. The van der Waals surface area contributed by atoms with E-state index in [2.05, 4.69) is 4.72 Å². The van der Waals surface area contributed by atoms with Gasteiger partial charge in [-0.15, -0.1) is 0 Å². The predicted molar refractivity (Wildman–Crippen MR) is 71.1 cm³/mol. The average Bonchev–Trinajstić information content (AvgIpc) is 2.37. The Kier molecular flexibility index (Phi) is 5.54. The van der Waals surface area contributed by atoms with E-state index < -0.39 is 37.4 Å². The maximum atomic E-state index is 13.0. The van der Waals surface area contributed by atoms with Crippen LogP contribution in [-0.2, 0) is 10.0 Å². The monoisotopic (exact) mass is 305 g/mol. The third-order valence-corrected chi connectivity index (χ3v) is 4.22. The summed E-state index contributed by atoms with van der Waals surface area (Å²) in [5, 5.41) is 10.8. The molecule has 0 aliphatic heterocycles. The summed E-state index contributed by atoms with van der Waals surface area (Å²) in [6.07, 6.45) is 1.21. The second-order valence-electron chi connectivity index (χ2n) is 4.21. The normalized spacial score (nSPS) is 13.2. The molecular formula is C11H16FN3O4S. The van der Waals surface area contributed by atoms with Crippen molar-refractivity contribution >= 4 is 15.7 Å². The highest BCUT2D eigenvalue weighted by atomic mass is 32.2. The summed E-state index contributed by atoms with van der Waals surface area (Å²) < 4.78 is 39.5. The molecule has 0 amide bonds. The van der Waals surface area contributed by atoms with Crippen LogP contribution in [0.3, 0.4) is 0 Å². The van der Waals surface area contributed by atoms with Gasteiger partial charge < -0.3 is 5.73 Å². The van der Waals surface area contributed by atoms with Gasteiger partial charge >= 0.3 is 0 Å². The zero-order valence-electron chi connectivity index (χ0n) is 10.9. The SMILES string of the molecule is CCCC(CN)NS(=O)(=O)c1ccc(F)cc1[N+](=O)[O-]. The number of nitrogens with two attached hydrogens (primary N) is 1. The van der Waals surface area contributed by atoms with Gasteiger partial charge in [0.15, 0.2) is 4.90 Å². The lowest BCUT2D eigenvalue weighted by Crippen LogP contribution is -2.40. The molecule has 1 aromatic rings. The van der Waals surface area contributed by atoms with E-state index in [9.17, 15) is 22.9 Å². The van der Waals surface area contributed by atoms with Crippen LogP contribution < -0.4 is 10.5 Å². The first-order valence-corrected chi connectivity index (χ1v) is 7.46. The van der Waals surface area contributed by atoms with E-state index in [0.29, 0.717) is 18.9 Å². The summed E-state index contributed by atoms with van der Waals surface area (Å²) in [7, 11) is -4.12. The molecule has 0 spiro atoms. The van der Waals surface area contributed by atoms with Crippen LogP contribution in [0, 0.1) is 15.9 Å². The Bertz CT molecular complexity index is 591. The number of nitrogens with one attached hydrogen (secondary N) is 1. The lowest BCUT2D eigenvalue weighted by atomic mass is 10.2. The summed E-state index contributed by atoms with van der Waals surface area (Å²) in [5.74, 6) is -0.875. The molecule has 0 aliphatic rings. The maximum Gasteiger partial charge on any atom is 0.292 e. The smallest absolute Gasteiger partial charge is 0.292 e. The Balaban J connectivity index is 3.18. The first kappa shape index (κ1) is 16.5. The van der Waals surface area contributed by atoms with E-state index in [-0.39, 0.29) is 6.54 Å². The molecule has 0 radical (unpaired) electrons. The Morgan fingerprint density at radius 2 is 2.15 bits per heavy atom. The van der Waals surface area contributed by atoms with Gasteiger partial charge in [0, 0.05) is 12.6 Å². The Morgan fingerprint density at radius 1 is 1.50 bits per heavy atom. The van der Waals surface area contributed by atoms with E-state index in [4.69, 9.17) is 5.73 Å². The fourth-order valence-corrected chi connectivity index (χ4v) is 3.15. The van der Waals surface area contributed by atoms with Gasteiger partial charge in [-0.05, 0) is 18.6 Å². The van der Waals surface area contributed by atoms with Crippen LogP contribution in [-0.4, -0.2) is 25.9 Å². The van der Waals surface area contributed by atoms with Crippen molar-refractivity contribution in [3.05, 3.63) is 34.1 Å². The number of nitrogens with zero attached hydrogens (tertiary/aromatic N) is 1. The second-order valence-corrected chi connectivity index (χ2v) is 5.89. The molecule has 9 heteroatoms. The van der Waals surface area contributed by atoms with Crippen molar-refractivity contribution in [2.45, 2.75) is 30.7 Å². The van der Waals surface area contributed by atoms with Crippen molar-refractivity contribution in [2.24, 2.45) is 5.73 Å². The highest BCUT2D eigenvalue weighted by Crippen LogP contribution is 2.24. The topological polar surface area (TPSA) is 115 Å². The number of rotatable bonds is 7. The molecule has 112 valence electrons. The summed E-state index contributed by atoms with van der Waals surface area (Å²) in [6, 6.07) is 1.79.